The molecule has 0 unspecified atom stereocenters. The summed E-state index contributed by atoms with van der Waals surface area (Å²) in [6.07, 6.45) is 1.37. The first-order valence-corrected chi connectivity index (χ1v) is 8.66. The summed E-state index contributed by atoms with van der Waals surface area (Å²) in [5.74, 6) is 0.184. The smallest absolute Gasteiger partial charge is 0.311 e. The van der Waals surface area contributed by atoms with Crippen LogP contribution in [0.4, 0.5) is 11.4 Å². The predicted molar refractivity (Wildman–Crippen MR) is 109 cm³/mol. The lowest BCUT2D eigenvalue weighted by Crippen LogP contribution is -1.91. The number of para-hydroxylation sites is 3. The summed E-state index contributed by atoms with van der Waals surface area (Å²) in [6, 6.07) is 17.1. The summed E-state index contributed by atoms with van der Waals surface area (Å²) in [4.78, 5) is 22.4. The van der Waals surface area contributed by atoms with Crippen LogP contribution >= 0.6 is 11.6 Å². The number of nitro benzene ring substituents is 1. The number of halogens is 1. The van der Waals surface area contributed by atoms with Crippen LogP contribution < -0.4 is 0 Å². The van der Waals surface area contributed by atoms with Crippen LogP contribution in [0.3, 0.4) is 0 Å². The molecule has 0 fully saturated rings. The van der Waals surface area contributed by atoms with Gasteiger partial charge in [0.25, 0.3) is 0 Å². The Kier molecular flexibility index (Phi) is 4.50. The molecular formula is C20H13ClN4O3. The topological polar surface area (TPSA) is 104 Å². The third kappa shape index (κ3) is 3.30. The van der Waals surface area contributed by atoms with E-state index < -0.39 is 10.7 Å². The van der Waals surface area contributed by atoms with Crippen molar-refractivity contribution in [3.8, 4) is 17.1 Å². The highest BCUT2D eigenvalue weighted by atomic mass is 35.5. The zero-order chi connectivity index (χ0) is 19.7. The lowest BCUT2D eigenvalue weighted by atomic mass is 10.1. The van der Waals surface area contributed by atoms with E-state index in [1.165, 1.54) is 18.3 Å². The predicted octanol–water partition coefficient (Wildman–Crippen LogP) is 5.25. The molecule has 0 radical (unpaired) electrons. The number of phenolic OH excluding ortho intramolecular Hbond substituents is 1. The lowest BCUT2D eigenvalue weighted by molar-refractivity contribution is -0.385. The van der Waals surface area contributed by atoms with Crippen molar-refractivity contribution in [1.82, 2.24) is 9.97 Å². The summed E-state index contributed by atoms with van der Waals surface area (Å²) < 4.78 is 0. The quantitative estimate of drug-likeness (QED) is 0.281. The van der Waals surface area contributed by atoms with Gasteiger partial charge < -0.3 is 10.1 Å². The first-order chi connectivity index (χ1) is 13.5. The SMILES string of the molecule is O=[N+]([O-])c1cccc(C=Nc2ccc(Cl)c(-c3nc4ccccc4[nH]3)c2)c1O. The van der Waals surface area contributed by atoms with Crippen molar-refractivity contribution < 1.29 is 10.0 Å². The molecule has 0 spiro atoms. The van der Waals surface area contributed by atoms with Gasteiger partial charge in [-0.15, -0.1) is 0 Å². The van der Waals surface area contributed by atoms with Gasteiger partial charge >= 0.3 is 5.69 Å². The lowest BCUT2D eigenvalue weighted by Gasteiger charge is -2.03. The number of aliphatic imine (C=N–C) groups is 1. The fourth-order valence-electron chi connectivity index (χ4n) is 2.80. The number of hydrogen-bond acceptors (Lipinski definition) is 5. The number of nitrogens with zero attached hydrogens (tertiary/aromatic N) is 3. The monoisotopic (exact) mass is 392 g/mol. The van der Waals surface area contributed by atoms with Crippen LogP contribution in [0, 0.1) is 10.1 Å². The van der Waals surface area contributed by atoms with Gasteiger partial charge in [-0.1, -0.05) is 29.8 Å². The van der Waals surface area contributed by atoms with E-state index in [9.17, 15) is 15.2 Å². The van der Waals surface area contributed by atoms with Crippen LogP contribution in [-0.4, -0.2) is 26.2 Å². The van der Waals surface area contributed by atoms with Gasteiger partial charge in [-0.3, -0.25) is 15.1 Å². The van der Waals surface area contributed by atoms with E-state index in [0.29, 0.717) is 22.1 Å². The van der Waals surface area contributed by atoms with E-state index in [4.69, 9.17) is 11.6 Å². The minimum absolute atomic E-state index is 0.245. The Morgan fingerprint density at radius 1 is 1.14 bits per heavy atom. The number of benzene rings is 3. The van der Waals surface area contributed by atoms with E-state index >= 15 is 0 Å². The minimum Gasteiger partial charge on any atom is -0.502 e. The summed E-state index contributed by atoms with van der Waals surface area (Å²) in [5.41, 5.74) is 2.83. The number of aromatic amines is 1. The molecule has 0 atom stereocenters. The van der Waals surface area contributed by atoms with E-state index in [1.54, 1.807) is 24.3 Å². The second kappa shape index (κ2) is 7.13. The summed E-state index contributed by atoms with van der Waals surface area (Å²) in [5, 5.41) is 21.5. The van der Waals surface area contributed by atoms with Gasteiger partial charge in [0.05, 0.1) is 26.7 Å². The Bertz CT molecular complexity index is 1200. The molecule has 138 valence electrons. The van der Waals surface area contributed by atoms with E-state index in [-0.39, 0.29) is 11.3 Å². The largest absolute Gasteiger partial charge is 0.502 e. The number of H-pyrrole nitrogens is 1. The van der Waals surface area contributed by atoms with Gasteiger partial charge in [-0.2, -0.15) is 0 Å². The number of nitrogens with one attached hydrogen (secondary N) is 1. The van der Waals surface area contributed by atoms with Crippen LogP contribution in [0.25, 0.3) is 22.4 Å². The van der Waals surface area contributed by atoms with Gasteiger partial charge in [0.15, 0.2) is 0 Å². The molecule has 0 aliphatic carbocycles. The maximum absolute atomic E-state index is 10.9. The Hall–Kier alpha value is -3.71. The summed E-state index contributed by atoms with van der Waals surface area (Å²) >= 11 is 6.33. The molecule has 0 aliphatic rings. The molecule has 4 aromatic rings. The van der Waals surface area contributed by atoms with E-state index in [0.717, 1.165) is 11.0 Å². The Morgan fingerprint density at radius 3 is 2.75 bits per heavy atom. The molecule has 0 bridgehead atoms. The second-order valence-corrected chi connectivity index (χ2v) is 6.40. The molecule has 1 heterocycles. The molecular weight excluding hydrogens is 380 g/mol. The van der Waals surface area contributed by atoms with Gasteiger partial charge in [-0.05, 0) is 36.4 Å². The summed E-state index contributed by atoms with van der Waals surface area (Å²) in [7, 11) is 0. The molecule has 0 amide bonds. The number of nitro groups is 1. The molecule has 28 heavy (non-hydrogen) atoms. The number of rotatable bonds is 4. The van der Waals surface area contributed by atoms with Crippen LogP contribution in [-0.2, 0) is 0 Å². The first-order valence-electron chi connectivity index (χ1n) is 8.28. The highest BCUT2D eigenvalue weighted by Crippen LogP contribution is 2.32. The Morgan fingerprint density at radius 2 is 1.96 bits per heavy atom. The van der Waals surface area contributed by atoms with Crippen LogP contribution in [0.15, 0.2) is 65.7 Å². The van der Waals surface area contributed by atoms with E-state index in [2.05, 4.69) is 15.0 Å². The second-order valence-electron chi connectivity index (χ2n) is 6.00. The van der Waals surface area contributed by atoms with Gasteiger partial charge in [-0.25, -0.2) is 4.98 Å². The molecule has 4 rings (SSSR count). The van der Waals surface area contributed by atoms with Crippen LogP contribution in [0.5, 0.6) is 5.75 Å². The molecule has 2 N–H and O–H groups in total. The number of fused-ring (bicyclic) bond motifs is 1. The zero-order valence-corrected chi connectivity index (χ0v) is 15.1. The highest BCUT2D eigenvalue weighted by Gasteiger charge is 2.15. The summed E-state index contributed by atoms with van der Waals surface area (Å²) in [6.45, 7) is 0. The number of phenols is 1. The number of aromatic nitrogens is 2. The third-order valence-electron chi connectivity index (χ3n) is 4.19. The molecule has 3 aromatic carbocycles. The number of aromatic hydroxyl groups is 1. The highest BCUT2D eigenvalue weighted by molar-refractivity contribution is 6.33. The molecule has 7 nitrogen and oxygen atoms in total. The number of imidazole rings is 1. The van der Waals surface area contributed by atoms with Crippen molar-refractivity contribution in [3.63, 3.8) is 0 Å². The maximum Gasteiger partial charge on any atom is 0.311 e. The van der Waals surface area contributed by atoms with Crippen LogP contribution in [0.2, 0.25) is 5.02 Å². The normalized spacial score (nSPS) is 11.3. The fourth-order valence-corrected chi connectivity index (χ4v) is 3.01. The Balaban J connectivity index is 1.71. The molecule has 0 saturated carbocycles. The minimum atomic E-state index is -0.644. The van der Waals surface area contributed by atoms with Crippen molar-refractivity contribution in [2.45, 2.75) is 0 Å². The Labute approximate surface area is 164 Å². The van der Waals surface area contributed by atoms with Crippen molar-refractivity contribution in [2.75, 3.05) is 0 Å². The molecule has 0 saturated heterocycles. The van der Waals surface area contributed by atoms with Crippen LogP contribution in [0.1, 0.15) is 5.56 Å². The average molecular weight is 393 g/mol. The maximum atomic E-state index is 10.9. The van der Waals surface area contributed by atoms with Gasteiger partial charge in [0, 0.05) is 23.4 Å². The van der Waals surface area contributed by atoms with Crippen molar-refractivity contribution in [1.29, 1.82) is 0 Å². The molecule has 0 aliphatic heterocycles. The number of hydrogen-bond donors (Lipinski definition) is 2. The fraction of sp³-hybridized carbons (Fsp3) is 0. The molecule has 1 aromatic heterocycles. The third-order valence-corrected chi connectivity index (χ3v) is 4.52. The zero-order valence-electron chi connectivity index (χ0n) is 14.3. The van der Waals surface area contributed by atoms with E-state index in [1.807, 2.05) is 24.3 Å². The van der Waals surface area contributed by atoms with Crippen molar-refractivity contribution in [2.24, 2.45) is 4.99 Å². The molecule has 8 heteroatoms. The average Bonchev–Trinajstić information content (AvgIpc) is 3.12. The first kappa shape index (κ1) is 17.7. The van der Waals surface area contributed by atoms with Crippen molar-refractivity contribution >= 4 is 40.2 Å². The van der Waals surface area contributed by atoms with Crippen molar-refractivity contribution in [3.05, 3.63) is 81.4 Å². The van der Waals surface area contributed by atoms with Gasteiger partial charge in [0.1, 0.15) is 5.82 Å². The standard InChI is InChI=1S/C20H13ClN4O3/c21-15-9-8-13(22-11-12-4-3-7-18(19(12)26)25(27)28)10-14(15)20-23-16-5-1-2-6-17(16)24-20/h1-11,26H,(H,23,24). The van der Waals surface area contributed by atoms with Gasteiger partial charge in [0.2, 0.25) is 5.75 Å².